The highest BCUT2D eigenvalue weighted by molar-refractivity contribution is 5.06. The van der Waals surface area contributed by atoms with Crippen LogP contribution < -0.4 is 11.2 Å². The number of aryl methyl sites for hydroxylation is 1. The summed E-state index contributed by atoms with van der Waals surface area (Å²) in [5.74, 6) is 0. The molecule has 1 aliphatic rings. The molecule has 0 aliphatic carbocycles. The van der Waals surface area contributed by atoms with Gasteiger partial charge in [0.25, 0.3) is 5.56 Å². The predicted molar refractivity (Wildman–Crippen MR) is 62.9 cm³/mol. The molecular formula is C11H14F2N2O5. The van der Waals surface area contributed by atoms with Crippen molar-refractivity contribution in [2.45, 2.75) is 31.0 Å². The Kier molecular flexibility index (Phi) is 4.31. The third-order valence-electron chi connectivity index (χ3n) is 3.15. The van der Waals surface area contributed by atoms with Crippen molar-refractivity contribution in [3.63, 3.8) is 0 Å². The van der Waals surface area contributed by atoms with Crippen LogP contribution in [-0.4, -0.2) is 51.4 Å². The number of aromatic nitrogens is 2. The van der Waals surface area contributed by atoms with E-state index >= 15 is 0 Å². The van der Waals surface area contributed by atoms with Gasteiger partial charge in [-0.3, -0.25) is 18.7 Å². The van der Waals surface area contributed by atoms with Gasteiger partial charge in [-0.25, -0.2) is 9.18 Å². The van der Waals surface area contributed by atoms with Crippen LogP contribution in [0.4, 0.5) is 8.78 Å². The van der Waals surface area contributed by atoms with Crippen LogP contribution >= 0.6 is 0 Å². The summed E-state index contributed by atoms with van der Waals surface area (Å²) in [4.78, 5) is 25.0. The minimum atomic E-state index is -1.95. The van der Waals surface area contributed by atoms with Gasteiger partial charge in [-0.1, -0.05) is 0 Å². The smallest absolute Gasteiger partial charge is 0.330 e. The van der Waals surface area contributed by atoms with Crippen LogP contribution in [0.1, 0.15) is 11.8 Å². The van der Waals surface area contributed by atoms with Crippen LogP contribution in [0.25, 0.3) is 0 Å². The van der Waals surface area contributed by atoms with Gasteiger partial charge in [0.15, 0.2) is 12.4 Å². The molecular weight excluding hydrogens is 278 g/mol. The first kappa shape index (κ1) is 14.8. The van der Waals surface area contributed by atoms with Gasteiger partial charge in [0.1, 0.15) is 12.2 Å². The summed E-state index contributed by atoms with van der Waals surface area (Å²) in [6, 6.07) is 0. The zero-order valence-electron chi connectivity index (χ0n) is 10.3. The second kappa shape index (κ2) is 5.81. The fourth-order valence-corrected chi connectivity index (χ4v) is 2.07. The van der Waals surface area contributed by atoms with Gasteiger partial charge in [-0.2, -0.15) is 0 Å². The molecule has 2 rings (SSSR count). The van der Waals surface area contributed by atoms with Gasteiger partial charge in [0, 0.05) is 18.2 Å². The Balaban J connectivity index is 2.40. The van der Waals surface area contributed by atoms with E-state index in [4.69, 9.17) is 9.84 Å². The van der Waals surface area contributed by atoms with E-state index in [2.05, 4.69) is 0 Å². The monoisotopic (exact) mass is 292 g/mol. The van der Waals surface area contributed by atoms with E-state index in [0.717, 1.165) is 10.8 Å². The van der Waals surface area contributed by atoms with E-state index in [-0.39, 0.29) is 12.0 Å². The molecule has 0 bridgehead atoms. The Bertz CT molecular complexity index is 587. The summed E-state index contributed by atoms with van der Waals surface area (Å²) in [6.07, 6.45) is -5.42. The van der Waals surface area contributed by atoms with Crippen LogP contribution in [0.3, 0.4) is 0 Å². The van der Waals surface area contributed by atoms with Crippen molar-refractivity contribution in [1.82, 2.24) is 9.55 Å². The lowest BCUT2D eigenvalue weighted by atomic mass is 10.1. The summed E-state index contributed by atoms with van der Waals surface area (Å²) in [5.41, 5.74) is -1.72. The molecule has 0 saturated carbocycles. The third-order valence-corrected chi connectivity index (χ3v) is 3.15. The highest BCUT2D eigenvalue weighted by Gasteiger charge is 2.45. The number of rotatable bonds is 4. The highest BCUT2D eigenvalue weighted by atomic mass is 19.1. The molecule has 1 saturated heterocycles. The van der Waals surface area contributed by atoms with Gasteiger partial charge in [0.2, 0.25) is 0 Å². The van der Waals surface area contributed by atoms with E-state index in [9.17, 15) is 23.5 Å². The van der Waals surface area contributed by atoms with Gasteiger partial charge < -0.3 is 14.9 Å². The second-order valence-electron chi connectivity index (χ2n) is 4.44. The predicted octanol–water partition coefficient (Wildman–Crippen LogP) is -1.36. The molecule has 9 heteroatoms. The zero-order chi connectivity index (χ0) is 14.9. The molecule has 0 spiro atoms. The second-order valence-corrected chi connectivity index (χ2v) is 4.44. The number of ether oxygens (including phenoxy) is 1. The third kappa shape index (κ3) is 2.51. The van der Waals surface area contributed by atoms with E-state index < -0.39 is 49.1 Å². The highest BCUT2D eigenvalue weighted by Crippen LogP contribution is 2.30. The molecule has 20 heavy (non-hydrogen) atoms. The number of H-pyrrole nitrogens is 1. The Hall–Kier alpha value is -1.58. The SMILES string of the molecule is O=c1[nH]c(=O)n([C@@H]2O[C@H](CO)[C@@H](O)[C@@H]2F)cc1CCF. The number of alkyl halides is 2. The van der Waals surface area contributed by atoms with Gasteiger partial charge in [-0.05, 0) is 0 Å². The van der Waals surface area contributed by atoms with Crippen molar-refractivity contribution in [1.29, 1.82) is 0 Å². The molecule has 0 radical (unpaired) electrons. The largest absolute Gasteiger partial charge is 0.394 e. The number of aliphatic hydroxyl groups is 2. The lowest BCUT2D eigenvalue weighted by Gasteiger charge is -2.16. The number of halogens is 2. The molecule has 4 atom stereocenters. The van der Waals surface area contributed by atoms with Gasteiger partial charge >= 0.3 is 5.69 Å². The van der Waals surface area contributed by atoms with Crippen LogP contribution in [0.2, 0.25) is 0 Å². The summed E-state index contributed by atoms with van der Waals surface area (Å²) in [5, 5.41) is 18.4. The fourth-order valence-electron chi connectivity index (χ4n) is 2.07. The normalized spacial score (nSPS) is 29.8. The lowest BCUT2D eigenvalue weighted by molar-refractivity contribution is -0.0492. The summed E-state index contributed by atoms with van der Waals surface area (Å²) >= 11 is 0. The first-order chi connectivity index (χ1) is 9.49. The number of hydrogen-bond acceptors (Lipinski definition) is 5. The van der Waals surface area contributed by atoms with Crippen molar-refractivity contribution in [2.24, 2.45) is 0 Å². The minimum Gasteiger partial charge on any atom is -0.394 e. The van der Waals surface area contributed by atoms with Crippen molar-refractivity contribution in [3.05, 3.63) is 32.6 Å². The van der Waals surface area contributed by atoms with Crippen molar-refractivity contribution >= 4 is 0 Å². The standard InChI is InChI=1S/C11H14F2N2O5/c12-2-1-5-3-15(11(19)14-9(5)18)10-7(13)8(17)6(4-16)20-10/h3,6-8,10,16-17H,1-2,4H2,(H,14,18,19)/t6-,7+,8-,10-/m1/s1. The number of nitrogens with zero attached hydrogens (tertiary/aromatic N) is 1. The number of hydrogen-bond donors (Lipinski definition) is 3. The van der Waals surface area contributed by atoms with Crippen LogP contribution in [-0.2, 0) is 11.2 Å². The Morgan fingerprint density at radius 3 is 2.70 bits per heavy atom. The summed E-state index contributed by atoms with van der Waals surface area (Å²) in [6.45, 7) is -1.43. The Morgan fingerprint density at radius 2 is 2.15 bits per heavy atom. The average molecular weight is 292 g/mol. The number of aromatic amines is 1. The summed E-state index contributed by atoms with van der Waals surface area (Å²) in [7, 11) is 0. The number of aliphatic hydroxyl groups excluding tert-OH is 2. The molecule has 1 fully saturated rings. The molecule has 3 N–H and O–H groups in total. The quantitative estimate of drug-likeness (QED) is 0.635. The Labute approximate surface area is 111 Å². The van der Waals surface area contributed by atoms with Gasteiger partial charge in [-0.15, -0.1) is 0 Å². The maximum atomic E-state index is 13.9. The van der Waals surface area contributed by atoms with Crippen molar-refractivity contribution in [2.75, 3.05) is 13.3 Å². The van der Waals surface area contributed by atoms with Crippen LogP contribution in [0.5, 0.6) is 0 Å². The maximum absolute atomic E-state index is 13.9. The first-order valence-electron chi connectivity index (χ1n) is 5.98. The van der Waals surface area contributed by atoms with Gasteiger partial charge in [0.05, 0.1) is 13.3 Å². The molecule has 0 amide bonds. The van der Waals surface area contributed by atoms with E-state index in [1.165, 1.54) is 0 Å². The van der Waals surface area contributed by atoms with Crippen LogP contribution in [0, 0.1) is 0 Å². The average Bonchev–Trinajstić information content (AvgIpc) is 2.70. The first-order valence-corrected chi connectivity index (χ1v) is 5.98. The molecule has 0 unspecified atom stereocenters. The van der Waals surface area contributed by atoms with Crippen molar-refractivity contribution < 1.29 is 23.7 Å². The van der Waals surface area contributed by atoms with E-state index in [1.807, 2.05) is 4.98 Å². The topological polar surface area (TPSA) is 105 Å². The van der Waals surface area contributed by atoms with E-state index in [1.54, 1.807) is 0 Å². The molecule has 112 valence electrons. The van der Waals surface area contributed by atoms with Crippen LogP contribution in [0.15, 0.2) is 15.8 Å². The maximum Gasteiger partial charge on any atom is 0.330 e. The molecule has 1 aromatic heterocycles. The Morgan fingerprint density at radius 1 is 1.45 bits per heavy atom. The summed E-state index contributed by atoms with van der Waals surface area (Å²) < 4.78 is 32.0. The molecule has 2 heterocycles. The fraction of sp³-hybridized carbons (Fsp3) is 0.636. The van der Waals surface area contributed by atoms with Crippen molar-refractivity contribution in [3.8, 4) is 0 Å². The lowest BCUT2D eigenvalue weighted by Crippen LogP contribution is -2.37. The zero-order valence-corrected chi connectivity index (χ0v) is 10.3. The molecule has 7 nitrogen and oxygen atoms in total. The van der Waals surface area contributed by atoms with E-state index in [0.29, 0.717) is 0 Å². The number of nitrogens with one attached hydrogen (secondary N) is 1. The minimum absolute atomic E-state index is 0.0372. The molecule has 0 aromatic carbocycles. The molecule has 1 aliphatic heterocycles. The molecule has 1 aromatic rings.